The number of nitrogens with zero attached hydrogens (tertiary/aromatic N) is 3. The van der Waals surface area contributed by atoms with Gasteiger partial charge in [0.25, 0.3) is 10.1 Å². The molecule has 1 unspecified atom stereocenters. The highest BCUT2D eigenvalue weighted by atomic mass is 32.2. The van der Waals surface area contributed by atoms with E-state index in [1.807, 2.05) is 97.1 Å². The maximum Gasteiger partial charge on any atom is 0.279 e. The lowest BCUT2D eigenvalue weighted by Crippen LogP contribution is -2.20. The lowest BCUT2D eigenvalue weighted by molar-refractivity contribution is 0.414. The Labute approximate surface area is 403 Å². The van der Waals surface area contributed by atoms with Gasteiger partial charge >= 0.3 is 0 Å². The number of methoxy groups -OCH3 is 4. The molecule has 0 fully saturated rings. The molecule has 0 saturated heterocycles. The zero-order chi connectivity index (χ0) is 48.1. The molecule has 346 valence electrons. The zero-order valence-electron chi connectivity index (χ0n) is 39.0. The third kappa shape index (κ3) is 9.67. The molecule has 9 aromatic rings. The second-order valence-electron chi connectivity index (χ2n) is 16.4. The van der Waals surface area contributed by atoms with Gasteiger partial charge in [0.2, 0.25) is 0 Å². The number of aromatic nitrogens is 1. The van der Waals surface area contributed by atoms with E-state index in [1.165, 1.54) is 0 Å². The van der Waals surface area contributed by atoms with Crippen LogP contribution in [0, 0.1) is 11.8 Å². The predicted molar refractivity (Wildman–Crippen MR) is 279 cm³/mol. The monoisotopic (exact) mass is 933 g/mol. The van der Waals surface area contributed by atoms with Crippen molar-refractivity contribution in [3.05, 3.63) is 182 Å². The summed E-state index contributed by atoms with van der Waals surface area (Å²) in [4.78, 5) is 4.37. The molecule has 0 aliphatic carbocycles. The molecule has 0 bridgehead atoms. The van der Waals surface area contributed by atoms with Crippen molar-refractivity contribution >= 4 is 66.0 Å². The maximum absolute atomic E-state index is 12.4. The first-order valence-corrected chi connectivity index (χ1v) is 23.9. The molecule has 1 N–H and O–H groups in total. The van der Waals surface area contributed by atoms with Gasteiger partial charge in [0, 0.05) is 62.5 Å². The molecule has 0 saturated carbocycles. The summed E-state index contributed by atoms with van der Waals surface area (Å²) >= 11 is 0. The average Bonchev–Trinajstić information content (AvgIpc) is 3.70. The first kappa shape index (κ1) is 46.0. The molecular weight excluding hydrogens is 883 g/mol. The Morgan fingerprint density at radius 1 is 0.464 bits per heavy atom. The summed E-state index contributed by atoms with van der Waals surface area (Å²) in [5, 5.41) is 0.813. The van der Waals surface area contributed by atoms with E-state index >= 15 is 0 Å². The van der Waals surface area contributed by atoms with Crippen LogP contribution < -0.4 is 28.7 Å². The zero-order valence-corrected chi connectivity index (χ0v) is 39.8. The molecule has 10 nitrogen and oxygen atoms in total. The molecule has 69 heavy (non-hydrogen) atoms. The van der Waals surface area contributed by atoms with E-state index in [-0.39, 0.29) is 6.42 Å². The minimum absolute atomic E-state index is 0.114. The van der Waals surface area contributed by atoms with Crippen molar-refractivity contribution in [3.63, 3.8) is 0 Å². The molecule has 0 aliphatic heterocycles. The van der Waals surface area contributed by atoms with Gasteiger partial charge < -0.3 is 33.3 Å². The fourth-order valence-corrected chi connectivity index (χ4v) is 9.50. The Morgan fingerprint density at radius 2 is 0.754 bits per heavy atom. The summed E-state index contributed by atoms with van der Waals surface area (Å²) in [6.07, 6.45) is 0.114. The Bertz CT molecular complexity index is 3100. The Kier molecular flexibility index (Phi) is 13.3. The second-order valence-corrected chi connectivity index (χ2v) is 18.0. The van der Waals surface area contributed by atoms with E-state index in [9.17, 15) is 13.0 Å². The lowest BCUT2D eigenvalue weighted by Gasteiger charge is -2.26. The lowest BCUT2D eigenvalue weighted by atomic mass is 9.99. The van der Waals surface area contributed by atoms with Crippen LogP contribution in [0.2, 0.25) is 0 Å². The van der Waals surface area contributed by atoms with E-state index in [1.54, 1.807) is 35.4 Å². The number of hydrogen-bond acceptors (Lipinski definition) is 8. The summed E-state index contributed by atoms with van der Waals surface area (Å²) in [7, 11) is 2.25. The third-order valence-corrected chi connectivity index (χ3v) is 13.5. The van der Waals surface area contributed by atoms with Gasteiger partial charge in [-0.3, -0.25) is 4.55 Å². The van der Waals surface area contributed by atoms with Crippen molar-refractivity contribution in [3.8, 4) is 57.1 Å². The van der Waals surface area contributed by atoms with Gasteiger partial charge in [0.05, 0.1) is 28.4 Å². The SMILES string of the molecule is CC#CC(CCn1c2ccc(-c3ccc(N(c4ccc(OC)cc4)c4ccc(OC)cc4)cc3)cc2c2cc(-c3ccc(N(c4ccc(OC)cc4)c4ccc(OC)cc4)cc3)ccc21)S(=O)(=O)O. The molecule has 0 radical (unpaired) electrons. The summed E-state index contributed by atoms with van der Waals surface area (Å²) in [6.45, 7) is 1.90. The first-order chi connectivity index (χ1) is 33.6. The highest BCUT2D eigenvalue weighted by Crippen LogP contribution is 2.41. The summed E-state index contributed by atoms with van der Waals surface area (Å²) < 4.78 is 58.8. The Balaban J connectivity index is 1.10. The Hall–Kier alpha value is -8.17. The second kappa shape index (κ2) is 20.0. The largest absolute Gasteiger partial charge is 0.497 e. The number of anilines is 6. The normalized spacial score (nSPS) is 11.7. The van der Waals surface area contributed by atoms with Crippen LogP contribution in [0.4, 0.5) is 34.1 Å². The minimum atomic E-state index is -4.39. The average molecular weight is 934 g/mol. The molecular formula is C58H51N3O7S. The van der Waals surface area contributed by atoms with Crippen molar-refractivity contribution < 1.29 is 31.9 Å². The van der Waals surface area contributed by atoms with Crippen LogP contribution >= 0.6 is 0 Å². The van der Waals surface area contributed by atoms with Crippen LogP contribution in [0.1, 0.15) is 13.3 Å². The molecule has 0 amide bonds. The quantitative estimate of drug-likeness (QED) is 0.0749. The van der Waals surface area contributed by atoms with Crippen LogP contribution in [0.3, 0.4) is 0 Å². The Morgan fingerprint density at radius 3 is 1.03 bits per heavy atom. The topological polar surface area (TPSA) is 103 Å². The van der Waals surface area contributed by atoms with Gasteiger partial charge in [-0.25, -0.2) is 0 Å². The molecule has 11 heteroatoms. The molecule has 1 atom stereocenters. The number of benzene rings is 8. The number of ether oxygens (including phenoxy) is 4. The van der Waals surface area contributed by atoms with Crippen molar-refractivity contribution in [2.24, 2.45) is 0 Å². The number of hydrogen-bond donors (Lipinski definition) is 1. The minimum Gasteiger partial charge on any atom is -0.497 e. The van der Waals surface area contributed by atoms with Gasteiger partial charge in [-0.15, -0.1) is 5.92 Å². The van der Waals surface area contributed by atoms with Crippen molar-refractivity contribution in [1.82, 2.24) is 4.57 Å². The van der Waals surface area contributed by atoms with E-state index < -0.39 is 15.4 Å². The van der Waals surface area contributed by atoms with Crippen LogP contribution in [0.25, 0.3) is 44.1 Å². The van der Waals surface area contributed by atoms with Crippen LogP contribution in [0.5, 0.6) is 23.0 Å². The number of aryl methyl sites for hydroxylation is 1. The molecule has 0 spiro atoms. The van der Waals surface area contributed by atoms with Gasteiger partial charge in [-0.05, 0) is 181 Å². The van der Waals surface area contributed by atoms with E-state index in [4.69, 9.17) is 18.9 Å². The highest BCUT2D eigenvalue weighted by molar-refractivity contribution is 7.86. The molecule has 1 aromatic heterocycles. The summed E-state index contributed by atoms with van der Waals surface area (Å²) in [6, 6.07) is 61.7. The van der Waals surface area contributed by atoms with E-state index in [0.717, 1.165) is 101 Å². The van der Waals surface area contributed by atoms with Gasteiger partial charge in [0.1, 0.15) is 28.2 Å². The maximum atomic E-state index is 12.4. The fourth-order valence-electron chi connectivity index (χ4n) is 8.83. The van der Waals surface area contributed by atoms with Crippen molar-refractivity contribution in [2.45, 2.75) is 25.1 Å². The third-order valence-electron chi connectivity index (χ3n) is 12.4. The van der Waals surface area contributed by atoms with Crippen LogP contribution in [0.15, 0.2) is 182 Å². The molecule has 8 aromatic carbocycles. The predicted octanol–water partition coefficient (Wildman–Crippen LogP) is 13.8. The van der Waals surface area contributed by atoms with Gasteiger partial charge in [0.15, 0.2) is 0 Å². The van der Waals surface area contributed by atoms with Crippen LogP contribution in [-0.2, 0) is 16.7 Å². The van der Waals surface area contributed by atoms with Crippen LogP contribution in [-0.4, -0.2) is 51.2 Å². The summed E-state index contributed by atoms with van der Waals surface area (Å²) in [5.74, 6) is 8.48. The van der Waals surface area contributed by atoms with E-state index in [0.29, 0.717) is 6.54 Å². The summed E-state index contributed by atoms with van der Waals surface area (Å²) in [5.41, 5.74) is 11.8. The van der Waals surface area contributed by atoms with Crippen molar-refractivity contribution in [2.75, 3.05) is 38.2 Å². The molecule has 0 aliphatic rings. The highest BCUT2D eigenvalue weighted by Gasteiger charge is 2.23. The standard InChI is InChI=1S/C58H51N3O7S/c1-6-7-54(69(62,63)64)36-37-59-57-34-12-42(40-8-14-44(15-9-40)60(46-18-26-50(65-2)27-19-46)47-20-28-51(66-3)29-21-47)38-55(57)56-39-43(13-35-58(56)59)41-10-16-45(17-11-41)61(48-22-30-52(67-4)31-23-48)49-24-32-53(68-5)33-25-49/h8-35,38-39,54H,36-37H2,1-5H3,(H,62,63,64). The fraction of sp³-hybridized carbons (Fsp3) is 0.138. The molecule has 9 rings (SSSR count). The number of fused-ring (bicyclic) bond motifs is 3. The first-order valence-electron chi connectivity index (χ1n) is 22.4. The molecule has 1 heterocycles. The van der Waals surface area contributed by atoms with Gasteiger partial charge in [-0.2, -0.15) is 8.42 Å². The van der Waals surface area contributed by atoms with Gasteiger partial charge in [-0.1, -0.05) is 42.3 Å². The number of rotatable bonds is 16. The van der Waals surface area contributed by atoms with Crippen molar-refractivity contribution in [1.29, 1.82) is 0 Å². The van der Waals surface area contributed by atoms with E-state index in [2.05, 4.69) is 111 Å². The smallest absolute Gasteiger partial charge is 0.279 e.